The molecule has 3 aromatic rings. The maximum atomic E-state index is 14.4. The van der Waals surface area contributed by atoms with Crippen LogP contribution in [0.3, 0.4) is 0 Å². The van der Waals surface area contributed by atoms with E-state index in [0.717, 1.165) is 30.2 Å². The number of amides is 4. The molecular weight excluding hydrogens is 662 g/mol. The number of Topliss-reactive ketones (excluding diaryl/α,β-unsaturated/α-hetero) is 1. The van der Waals surface area contributed by atoms with Crippen molar-refractivity contribution in [1.82, 2.24) is 25.6 Å². The summed E-state index contributed by atoms with van der Waals surface area (Å²) in [6, 6.07) is 15.6. The number of ether oxygens (including phenoxy) is 3. The molecule has 3 atom stereocenters. The van der Waals surface area contributed by atoms with Crippen LogP contribution in [-0.2, 0) is 14.3 Å². The highest BCUT2D eigenvalue weighted by molar-refractivity contribution is 5.95. The highest BCUT2D eigenvalue weighted by atomic mass is 16.6. The molecule has 2 aromatic carbocycles. The third kappa shape index (κ3) is 9.20. The maximum absolute atomic E-state index is 14.4. The van der Waals surface area contributed by atoms with Crippen LogP contribution in [0.5, 0.6) is 11.5 Å². The van der Waals surface area contributed by atoms with Crippen molar-refractivity contribution in [2.24, 2.45) is 0 Å². The lowest BCUT2D eigenvalue weighted by atomic mass is 9.87. The largest absolute Gasteiger partial charge is 0.497 e. The van der Waals surface area contributed by atoms with Gasteiger partial charge in [-0.05, 0) is 71.9 Å². The van der Waals surface area contributed by atoms with Crippen LogP contribution in [-0.4, -0.2) is 82.2 Å². The smallest absolute Gasteiger partial charge is 0.426 e. The molecule has 1 fully saturated rings. The Morgan fingerprint density at radius 1 is 1.04 bits per heavy atom. The molecule has 0 bridgehead atoms. The van der Waals surface area contributed by atoms with Gasteiger partial charge in [0.15, 0.2) is 5.78 Å². The molecule has 0 unspecified atom stereocenters. The van der Waals surface area contributed by atoms with Gasteiger partial charge >= 0.3 is 12.1 Å². The van der Waals surface area contributed by atoms with Crippen molar-refractivity contribution in [3.8, 4) is 22.8 Å². The maximum Gasteiger partial charge on any atom is 0.426 e. The van der Waals surface area contributed by atoms with Crippen LogP contribution in [0.25, 0.3) is 22.2 Å². The standard InChI is InChI=1S/C40H51N5O7/c1-7-40(27(2)46)21-15-10-8-9-11-16-22-45(43-37(48)52-39(3,4)5)38(49)44-26-30(24-34(44)36(47)42-40)51-35-25-32(28-17-13-12-14-18-28)41-33-23-29(50-6)19-20-31(33)35/h10,12-15,17-20,23,25,30,34H,7-9,11,16,21-22,24,26H2,1-6H3,(H,42,47)(H,43,48)/b15-10-/t30-,34+,40-/m1/s1. The molecule has 0 saturated carbocycles. The first-order chi connectivity index (χ1) is 24.8. The quantitative estimate of drug-likeness (QED) is 0.251. The Bertz CT molecular complexity index is 1790. The van der Waals surface area contributed by atoms with Crippen molar-refractivity contribution < 1.29 is 33.4 Å². The molecule has 2 aliphatic heterocycles. The van der Waals surface area contributed by atoms with E-state index in [1.807, 2.05) is 73.7 Å². The zero-order valence-corrected chi connectivity index (χ0v) is 31.1. The Hall–Kier alpha value is -5.13. The third-order valence-corrected chi connectivity index (χ3v) is 9.53. The first-order valence-corrected chi connectivity index (χ1v) is 18.1. The number of allylic oxidation sites excluding steroid dienone is 1. The zero-order chi connectivity index (χ0) is 37.5. The fourth-order valence-corrected chi connectivity index (χ4v) is 6.64. The molecular formula is C40H51N5O7. The molecule has 4 amide bonds. The zero-order valence-electron chi connectivity index (χ0n) is 31.1. The van der Waals surface area contributed by atoms with Crippen molar-refractivity contribution in [3.63, 3.8) is 0 Å². The number of urea groups is 1. The van der Waals surface area contributed by atoms with E-state index in [0.29, 0.717) is 42.0 Å². The van der Waals surface area contributed by atoms with Gasteiger partial charge in [-0.3, -0.25) is 9.59 Å². The minimum atomic E-state index is -1.14. The summed E-state index contributed by atoms with van der Waals surface area (Å²) >= 11 is 0. The molecule has 0 aliphatic carbocycles. The first-order valence-electron chi connectivity index (χ1n) is 18.1. The van der Waals surface area contributed by atoms with Crippen molar-refractivity contribution in [2.45, 2.75) is 103 Å². The van der Waals surface area contributed by atoms with E-state index >= 15 is 0 Å². The van der Waals surface area contributed by atoms with E-state index in [1.165, 1.54) is 16.8 Å². The predicted molar refractivity (Wildman–Crippen MR) is 199 cm³/mol. The van der Waals surface area contributed by atoms with Gasteiger partial charge in [-0.1, -0.05) is 55.8 Å². The minimum absolute atomic E-state index is 0.0448. The van der Waals surface area contributed by atoms with Crippen molar-refractivity contribution >= 4 is 34.7 Å². The minimum Gasteiger partial charge on any atom is -0.497 e. The number of carbonyl (C=O) groups is 4. The van der Waals surface area contributed by atoms with Crippen molar-refractivity contribution in [2.75, 3.05) is 20.2 Å². The number of methoxy groups -OCH3 is 1. The van der Waals surface area contributed by atoms with Crippen LogP contribution >= 0.6 is 0 Å². The summed E-state index contributed by atoms with van der Waals surface area (Å²) in [5, 5.41) is 5.01. The third-order valence-electron chi connectivity index (χ3n) is 9.53. The number of fused-ring (bicyclic) bond motifs is 2. The Labute approximate surface area is 305 Å². The van der Waals surface area contributed by atoms with Gasteiger partial charge in [0, 0.05) is 36.0 Å². The number of nitrogens with zero attached hydrogens (tertiary/aromatic N) is 3. The van der Waals surface area contributed by atoms with E-state index in [4.69, 9.17) is 19.2 Å². The average molecular weight is 714 g/mol. The van der Waals surface area contributed by atoms with Crippen molar-refractivity contribution in [1.29, 1.82) is 0 Å². The summed E-state index contributed by atoms with van der Waals surface area (Å²) in [5.74, 6) is 0.544. The van der Waals surface area contributed by atoms with Crippen LogP contribution in [0.4, 0.5) is 9.59 Å². The fraction of sp³-hybridized carbons (Fsp3) is 0.475. The van der Waals surface area contributed by atoms with Crippen molar-refractivity contribution in [3.05, 3.63) is 66.7 Å². The molecule has 1 aromatic heterocycles. The van der Waals surface area contributed by atoms with E-state index in [9.17, 15) is 19.2 Å². The molecule has 3 heterocycles. The average Bonchev–Trinajstić information content (AvgIpc) is 3.54. The molecule has 1 saturated heterocycles. The van der Waals surface area contributed by atoms with E-state index in [1.54, 1.807) is 27.9 Å². The van der Waals surface area contributed by atoms with E-state index in [2.05, 4.69) is 10.7 Å². The molecule has 278 valence electrons. The highest BCUT2D eigenvalue weighted by Crippen LogP contribution is 2.35. The highest BCUT2D eigenvalue weighted by Gasteiger charge is 2.46. The van der Waals surface area contributed by atoms with Gasteiger partial charge in [-0.2, -0.15) is 0 Å². The summed E-state index contributed by atoms with van der Waals surface area (Å²) < 4.78 is 17.7. The molecule has 2 N–H and O–H groups in total. The second-order valence-corrected chi connectivity index (χ2v) is 14.5. The van der Waals surface area contributed by atoms with E-state index in [-0.39, 0.29) is 25.3 Å². The molecule has 0 spiro atoms. The molecule has 5 rings (SSSR count). The molecule has 12 heteroatoms. The number of nitrogens with one attached hydrogen (secondary N) is 2. The lowest BCUT2D eigenvalue weighted by Crippen LogP contribution is -2.60. The van der Waals surface area contributed by atoms with Crippen LogP contribution < -0.4 is 20.2 Å². The normalized spacial score (nSPS) is 22.4. The molecule has 2 aliphatic rings. The number of carbonyl (C=O) groups excluding carboxylic acids is 4. The number of aromatic nitrogens is 1. The summed E-state index contributed by atoms with van der Waals surface area (Å²) in [6.07, 6.45) is 6.51. The van der Waals surface area contributed by atoms with E-state index < -0.39 is 41.3 Å². The number of ketones is 1. The molecule has 12 nitrogen and oxygen atoms in total. The van der Waals surface area contributed by atoms with Crippen LogP contribution in [0, 0.1) is 0 Å². The first kappa shape index (κ1) is 38.1. The summed E-state index contributed by atoms with van der Waals surface area (Å²) in [5.41, 5.74) is 2.95. The second kappa shape index (κ2) is 16.5. The summed E-state index contributed by atoms with van der Waals surface area (Å²) in [7, 11) is 1.59. The Morgan fingerprint density at radius 2 is 1.81 bits per heavy atom. The lowest BCUT2D eigenvalue weighted by molar-refractivity contribution is -0.133. The van der Waals surface area contributed by atoms with Gasteiger partial charge in [-0.15, -0.1) is 0 Å². The number of hydrogen-bond donors (Lipinski definition) is 2. The Morgan fingerprint density at radius 3 is 2.50 bits per heavy atom. The van der Waals surface area contributed by atoms with Gasteiger partial charge in [-0.25, -0.2) is 25.0 Å². The SMILES string of the molecule is CC[C@]1(C(C)=O)C/C=C\CCCCCN(NC(=O)OC(C)(C)C)C(=O)N2C[C@H](Oc3cc(-c4ccccc4)nc4cc(OC)ccc34)C[C@H]2C(=O)N1. The number of hydrogen-bond acceptors (Lipinski definition) is 8. The second-order valence-electron chi connectivity index (χ2n) is 14.5. The lowest BCUT2D eigenvalue weighted by Gasteiger charge is -2.35. The van der Waals surface area contributed by atoms with Gasteiger partial charge in [0.25, 0.3) is 0 Å². The summed E-state index contributed by atoms with van der Waals surface area (Å²) in [4.78, 5) is 61.1. The predicted octanol–water partition coefficient (Wildman–Crippen LogP) is 6.97. The van der Waals surface area contributed by atoms with Crippen LogP contribution in [0.2, 0.25) is 0 Å². The topological polar surface area (TPSA) is 139 Å². The van der Waals surface area contributed by atoms with Gasteiger partial charge < -0.3 is 24.4 Å². The monoisotopic (exact) mass is 713 g/mol. The number of benzene rings is 2. The van der Waals surface area contributed by atoms with Gasteiger partial charge in [0.1, 0.15) is 34.8 Å². The summed E-state index contributed by atoms with van der Waals surface area (Å²) in [6.45, 7) is 8.84. The number of rotatable bonds is 7. The van der Waals surface area contributed by atoms with Gasteiger partial charge in [0.05, 0.1) is 24.9 Å². The van der Waals surface area contributed by atoms with Gasteiger partial charge in [0.2, 0.25) is 5.91 Å². The molecule has 52 heavy (non-hydrogen) atoms. The number of hydrazine groups is 1. The Kier molecular flexibility index (Phi) is 12.1. The fourth-order valence-electron chi connectivity index (χ4n) is 6.64. The molecule has 0 radical (unpaired) electrons. The van der Waals surface area contributed by atoms with Crippen LogP contribution in [0.15, 0.2) is 66.7 Å². The number of pyridine rings is 1. The van der Waals surface area contributed by atoms with Crippen LogP contribution in [0.1, 0.15) is 79.6 Å². The Balaban J connectivity index is 1.53.